The van der Waals surface area contributed by atoms with Gasteiger partial charge in [0.1, 0.15) is 18.0 Å². The fraction of sp³-hybridized carbons (Fsp3) is 0.500. The standard InChI is InChI=1S/C22H30O3/c1-4-6-7-13-19(24)14-9-8-12-18(17-23)20-15-10-16-22(25-3)21(20)11-5-2/h5,10,15-19,24H,2,4,6-7,9,11,13-14H2,1,3H3/t18?,19-/m0/s1. The maximum Gasteiger partial charge on any atom is 0.139 e. The zero-order valence-corrected chi connectivity index (χ0v) is 15.5. The summed E-state index contributed by atoms with van der Waals surface area (Å²) in [6.07, 6.45) is 8.42. The maximum absolute atomic E-state index is 11.5. The number of ether oxygens (including phenoxy) is 1. The quantitative estimate of drug-likeness (QED) is 0.280. The van der Waals surface area contributed by atoms with E-state index >= 15 is 0 Å². The number of hydrogen-bond acceptors (Lipinski definition) is 3. The summed E-state index contributed by atoms with van der Waals surface area (Å²) < 4.78 is 5.39. The fourth-order valence-electron chi connectivity index (χ4n) is 2.81. The van der Waals surface area contributed by atoms with E-state index in [-0.39, 0.29) is 6.10 Å². The molecule has 1 rings (SSSR count). The molecule has 0 aromatic heterocycles. The highest BCUT2D eigenvalue weighted by atomic mass is 16.5. The second-order valence-corrected chi connectivity index (χ2v) is 6.14. The van der Waals surface area contributed by atoms with E-state index in [1.54, 1.807) is 13.2 Å². The molecule has 0 aliphatic rings. The van der Waals surface area contributed by atoms with Crippen LogP contribution in [-0.2, 0) is 11.2 Å². The molecule has 0 saturated carbocycles. The van der Waals surface area contributed by atoms with Crippen LogP contribution in [0.1, 0.15) is 62.5 Å². The average Bonchev–Trinajstić information content (AvgIpc) is 2.63. The molecule has 3 nitrogen and oxygen atoms in total. The first-order valence-electron chi connectivity index (χ1n) is 9.06. The molecule has 1 aromatic carbocycles. The van der Waals surface area contributed by atoms with Gasteiger partial charge >= 0.3 is 0 Å². The van der Waals surface area contributed by atoms with Crippen LogP contribution in [0.3, 0.4) is 0 Å². The average molecular weight is 342 g/mol. The minimum absolute atomic E-state index is 0.302. The smallest absolute Gasteiger partial charge is 0.139 e. The largest absolute Gasteiger partial charge is 0.496 e. The van der Waals surface area contributed by atoms with Crippen LogP contribution < -0.4 is 4.74 Å². The van der Waals surface area contributed by atoms with Crippen LogP contribution in [-0.4, -0.2) is 24.6 Å². The Balaban J connectivity index is 2.75. The van der Waals surface area contributed by atoms with Crippen molar-refractivity contribution >= 4 is 6.29 Å². The summed E-state index contributed by atoms with van der Waals surface area (Å²) in [5.41, 5.74) is 1.82. The molecule has 136 valence electrons. The number of aliphatic hydroxyl groups excluding tert-OH is 1. The Bertz CT molecular complexity index is 595. The van der Waals surface area contributed by atoms with Gasteiger partial charge in [-0.25, -0.2) is 0 Å². The second-order valence-electron chi connectivity index (χ2n) is 6.14. The number of aliphatic hydroxyl groups is 1. The van der Waals surface area contributed by atoms with Crippen molar-refractivity contribution in [2.24, 2.45) is 0 Å². The van der Waals surface area contributed by atoms with E-state index in [0.29, 0.717) is 19.3 Å². The van der Waals surface area contributed by atoms with Gasteiger partial charge in [0.25, 0.3) is 0 Å². The van der Waals surface area contributed by atoms with E-state index in [1.807, 2.05) is 18.2 Å². The lowest BCUT2D eigenvalue weighted by molar-refractivity contribution is -0.108. The van der Waals surface area contributed by atoms with Crippen molar-refractivity contribution < 1.29 is 14.6 Å². The molecule has 3 heteroatoms. The van der Waals surface area contributed by atoms with Crippen LogP contribution in [0.5, 0.6) is 5.75 Å². The molecule has 0 bridgehead atoms. The predicted molar refractivity (Wildman–Crippen MR) is 103 cm³/mol. The number of unbranched alkanes of at least 4 members (excludes halogenated alkanes) is 2. The summed E-state index contributed by atoms with van der Waals surface area (Å²) in [7, 11) is 1.62. The number of benzene rings is 1. The first-order valence-corrected chi connectivity index (χ1v) is 9.06. The van der Waals surface area contributed by atoms with Crippen molar-refractivity contribution in [1.29, 1.82) is 0 Å². The molecule has 0 saturated heterocycles. The van der Waals surface area contributed by atoms with E-state index in [1.165, 1.54) is 0 Å². The summed E-state index contributed by atoms with van der Waals surface area (Å²) in [6.45, 7) is 5.92. The van der Waals surface area contributed by atoms with E-state index in [9.17, 15) is 9.90 Å². The molecule has 25 heavy (non-hydrogen) atoms. The van der Waals surface area contributed by atoms with Crippen LogP contribution >= 0.6 is 0 Å². The van der Waals surface area contributed by atoms with Crippen molar-refractivity contribution in [3.8, 4) is 17.6 Å². The highest BCUT2D eigenvalue weighted by Gasteiger charge is 2.15. The second kappa shape index (κ2) is 12.3. The third-order valence-corrected chi connectivity index (χ3v) is 4.21. The Labute approximate surface area is 152 Å². The first kappa shape index (κ1) is 21.0. The van der Waals surface area contributed by atoms with Crippen LogP contribution in [0.2, 0.25) is 0 Å². The Morgan fingerprint density at radius 1 is 1.32 bits per heavy atom. The molecule has 1 aromatic rings. The molecule has 1 unspecified atom stereocenters. The van der Waals surface area contributed by atoms with Crippen molar-refractivity contribution in [2.75, 3.05) is 7.11 Å². The van der Waals surface area contributed by atoms with Gasteiger partial charge in [0.2, 0.25) is 0 Å². The lowest BCUT2D eigenvalue weighted by Gasteiger charge is -2.14. The number of allylic oxidation sites excluding steroid dienone is 1. The SMILES string of the molecule is C=CCc1c(OC)cccc1C(C#CCC[C@@H](O)CCCCC)C=O. The zero-order chi connectivity index (χ0) is 18.5. The van der Waals surface area contributed by atoms with Gasteiger partial charge in [0, 0.05) is 12.0 Å². The molecule has 2 atom stereocenters. The van der Waals surface area contributed by atoms with Crippen LogP contribution in [0.4, 0.5) is 0 Å². The Hall–Kier alpha value is -2.05. The monoisotopic (exact) mass is 342 g/mol. The Kier molecular flexibility index (Phi) is 10.4. The van der Waals surface area contributed by atoms with Crippen LogP contribution in [0.15, 0.2) is 30.9 Å². The topological polar surface area (TPSA) is 46.5 Å². The first-order chi connectivity index (χ1) is 12.2. The molecule has 0 amide bonds. The summed E-state index contributed by atoms with van der Waals surface area (Å²) >= 11 is 0. The highest BCUT2D eigenvalue weighted by Crippen LogP contribution is 2.28. The number of rotatable bonds is 11. The molecular formula is C22H30O3. The summed E-state index contributed by atoms with van der Waals surface area (Å²) in [5, 5.41) is 9.93. The maximum atomic E-state index is 11.5. The number of carbonyl (C=O) groups excluding carboxylic acids is 1. The molecule has 0 aliphatic heterocycles. The van der Waals surface area contributed by atoms with Crippen molar-refractivity contribution in [1.82, 2.24) is 0 Å². The van der Waals surface area contributed by atoms with E-state index in [2.05, 4.69) is 25.3 Å². The Morgan fingerprint density at radius 3 is 2.76 bits per heavy atom. The number of aldehydes is 1. The third-order valence-electron chi connectivity index (χ3n) is 4.21. The van der Waals surface area contributed by atoms with Gasteiger partial charge in [-0.05, 0) is 30.9 Å². The molecule has 0 aliphatic carbocycles. The fourth-order valence-corrected chi connectivity index (χ4v) is 2.81. The molecule has 0 radical (unpaired) electrons. The zero-order valence-electron chi connectivity index (χ0n) is 15.5. The minimum Gasteiger partial charge on any atom is -0.496 e. The van der Waals surface area contributed by atoms with Gasteiger partial charge in [-0.1, -0.05) is 50.3 Å². The molecular weight excluding hydrogens is 312 g/mol. The Morgan fingerprint density at radius 2 is 2.12 bits per heavy atom. The molecule has 0 fully saturated rings. The predicted octanol–water partition coefficient (Wildman–Crippen LogP) is 4.43. The van der Waals surface area contributed by atoms with Gasteiger partial charge in [-0.3, -0.25) is 0 Å². The molecule has 0 spiro atoms. The normalized spacial score (nSPS) is 12.6. The van der Waals surface area contributed by atoms with E-state index in [0.717, 1.165) is 48.8 Å². The lowest BCUT2D eigenvalue weighted by Crippen LogP contribution is -2.06. The van der Waals surface area contributed by atoms with Gasteiger partial charge in [0.05, 0.1) is 13.2 Å². The third kappa shape index (κ3) is 7.15. The van der Waals surface area contributed by atoms with Crippen molar-refractivity contribution in [3.05, 3.63) is 42.0 Å². The van der Waals surface area contributed by atoms with Gasteiger partial charge in [-0.2, -0.15) is 0 Å². The summed E-state index contributed by atoms with van der Waals surface area (Å²) in [4.78, 5) is 11.5. The molecule has 1 N–H and O–H groups in total. The highest BCUT2D eigenvalue weighted by molar-refractivity contribution is 5.69. The molecule has 0 heterocycles. The van der Waals surface area contributed by atoms with Crippen molar-refractivity contribution in [3.63, 3.8) is 0 Å². The van der Waals surface area contributed by atoms with Crippen LogP contribution in [0, 0.1) is 11.8 Å². The minimum atomic E-state index is -0.484. The van der Waals surface area contributed by atoms with Gasteiger partial charge in [0.15, 0.2) is 0 Å². The van der Waals surface area contributed by atoms with E-state index < -0.39 is 5.92 Å². The van der Waals surface area contributed by atoms with Gasteiger partial charge in [-0.15, -0.1) is 12.5 Å². The number of hydrogen-bond donors (Lipinski definition) is 1. The lowest BCUT2D eigenvalue weighted by atomic mass is 9.93. The summed E-state index contributed by atoms with van der Waals surface area (Å²) in [5.74, 6) is 6.36. The van der Waals surface area contributed by atoms with Crippen LogP contribution in [0.25, 0.3) is 0 Å². The van der Waals surface area contributed by atoms with E-state index in [4.69, 9.17) is 4.74 Å². The number of carbonyl (C=O) groups is 1. The van der Waals surface area contributed by atoms with Crippen molar-refractivity contribution in [2.45, 2.75) is 63.9 Å². The summed E-state index contributed by atoms with van der Waals surface area (Å²) in [6, 6.07) is 5.66. The number of methoxy groups -OCH3 is 1. The van der Waals surface area contributed by atoms with Gasteiger partial charge < -0.3 is 14.6 Å².